The van der Waals surface area contributed by atoms with Crippen LogP contribution in [0.2, 0.25) is 0 Å². The Bertz CT molecular complexity index is 1390. The molecule has 1 aliphatic rings. The van der Waals surface area contributed by atoms with E-state index in [1.165, 1.54) is 13.8 Å². The van der Waals surface area contributed by atoms with Gasteiger partial charge >= 0.3 is 19.6 Å². The molecule has 0 unspecified atom stereocenters. The summed E-state index contributed by atoms with van der Waals surface area (Å²) in [6, 6.07) is -2.67. The number of imidazole rings is 1. The van der Waals surface area contributed by atoms with Crippen molar-refractivity contribution in [2.24, 2.45) is 0 Å². The van der Waals surface area contributed by atoms with Gasteiger partial charge in [-0.3, -0.25) is 28.5 Å². The number of nitrogen functional groups attached to an aromatic ring is 1. The highest BCUT2D eigenvalue weighted by atomic mass is 31.2. The Labute approximate surface area is 244 Å². The number of hydrogen-bond acceptors (Lipinski definition) is 13. The second kappa shape index (κ2) is 13.3. The first-order valence-corrected chi connectivity index (χ1v) is 14.8. The van der Waals surface area contributed by atoms with E-state index in [1.54, 1.807) is 27.7 Å². The Morgan fingerprint density at radius 1 is 1.14 bits per heavy atom. The summed E-state index contributed by atoms with van der Waals surface area (Å²) in [5.41, 5.74) is 1.30. The molecule has 43 heavy (non-hydrogen) atoms. The third-order valence-electron chi connectivity index (χ3n) is 6.16. The van der Waals surface area contributed by atoms with E-state index in [9.17, 15) is 37.9 Å². The van der Waals surface area contributed by atoms with E-state index < -0.39 is 86.5 Å². The summed E-state index contributed by atoms with van der Waals surface area (Å²) in [7, 11) is -4.64. The molecule has 7 N–H and O–H groups in total. The molecule has 17 nitrogen and oxygen atoms in total. The van der Waals surface area contributed by atoms with E-state index in [-0.39, 0.29) is 17.1 Å². The molecule has 0 spiro atoms. The number of carbonyl (C=O) groups excluding carboxylic acids is 2. The third kappa shape index (κ3) is 7.54. The molecule has 0 bridgehead atoms. The second-order valence-electron chi connectivity index (χ2n) is 10.5. The molecule has 3 rings (SSSR count). The topological polar surface area (TPSA) is 242 Å². The van der Waals surface area contributed by atoms with Crippen molar-refractivity contribution in [1.29, 1.82) is 0 Å². The number of fused-ring (bicyclic) bond motifs is 1. The van der Waals surface area contributed by atoms with Gasteiger partial charge in [0.2, 0.25) is 5.95 Å². The summed E-state index contributed by atoms with van der Waals surface area (Å²) in [4.78, 5) is 46.9. The first kappa shape index (κ1) is 34.4. The minimum absolute atomic E-state index is 0.243. The zero-order valence-electron chi connectivity index (χ0n) is 24.2. The molecule has 0 amide bonds. The highest BCUT2D eigenvalue weighted by Gasteiger charge is 2.61. The summed E-state index contributed by atoms with van der Waals surface area (Å²) >= 11 is 0. The van der Waals surface area contributed by atoms with Crippen LogP contribution >= 0.6 is 7.67 Å². The number of hydrogen-bond donors (Lipinski definition) is 6. The van der Waals surface area contributed by atoms with Crippen LogP contribution in [-0.2, 0) is 32.9 Å². The van der Waals surface area contributed by atoms with Gasteiger partial charge in [-0.1, -0.05) is 0 Å². The van der Waals surface area contributed by atoms with Crippen molar-refractivity contribution in [1.82, 2.24) is 29.7 Å². The van der Waals surface area contributed by atoms with Crippen molar-refractivity contribution in [2.45, 2.75) is 96.3 Å². The maximum Gasteiger partial charge on any atom is 0.342 e. The van der Waals surface area contributed by atoms with Crippen molar-refractivity contribution < 1.29 is 51.9 Å². The van der Waals surface area contributed by atoms with Crippen molar-refractivity contribution in [2.75, 3.05) is 12.3 Å². The van der Waals surface area contributed by atoms with E-state index in [0.29, 0.717) is 0 Å². The molecular formula is C23H36F2N7O10P. The third-order valence-corrected chi connectivity index (χ3v) is 8.11. The second-order valence-corrected chi connectivity index (χ2v) is 12.4. The van der Waals surface area contributed by atoms with Crippen LogP contribution in [0, 0.1) is 0 Å². The molecule has 20 heteroatoms. The molecule has 0 saturated carbocycles. The Morgan fingerprint density at radius 2 is 1.67 bits per heavy atom. The molecule has 1 saturated heterocycles. The first-order chi connectivity index (χ1) is 19.9. The lowest BCUT2D eigenvalue weighted by molar-refractivity contribution is -0.191. The van der Waals surface area contributed by atoms with Gasteiger partial charge in [0.05, 0.1) is 25.1 Å². The molecule has 6 atom stereocenters. The monoisotopic (exact) mass is 639 g/mol. The number of nitrogens with one attached hydrogen (secondary N) is 3. The number of rotatable bonds is 13. The molecule has 2 aromatic rings. The van der Waals surface area contributed by atoms with Gasteiger partial charge in [-0.05, 0) is 41.5 Å². The number of aliphatic hydroxyl groups excluding tert-OH is 2. The molecule has 0 radical (unpaired) electrons. The van der Waals surface area contributed by atoms with Gasteiger partial charge in [0.1, 0.15) is 24.3 Å². The number of aliphatic hydroxyl groups is 2. The highest BCUT2D eigenvalue weighted by molar-refractivity contribution is 7.54. The number of H-pyrrole nitrogens is 1. The molecule has 0 aromatic carbocycles. The zero-order valence-corrected chi connectivity index (χ0v) is 25.1. The molecule has 1 fully saturated rings. The Balaban J connectivity index is 1.94. The molecule has 242 valence electrons. The van der Waals surface area contributed by atoms with Crippen molar-refractivity contribution in [3.8, 4) is 0 Å². The number of carbonyl (C=O) groups is 2. The zero-order chi connectivity index (χ0) is 32.4. The van der Waals surface area contributed by atoms with Crippen LogP contribution in [-0.4, -0.2) is 96.8 Å². The molecule has 0 aliphatic carbocycles. The minimum atomic E-state index is -4.64. The minimum Gasteiger partial charge on any atom is -0.462 e. The van der Waals surface area contributed by atoms with Crippen LogP contribution in [0.3, 0.4) is 0 Å². The summed E-state index contributed by atoms with van der Waals surface area (Å²) in [6.45, 7) is 7.45. The van der Waals surface area contributed by atoms with Crippen molar-refractivity contribution in [3.63, 3.8) is 0 Å². The number of ether oxygens (including phenoxy) is 3. The van der Waals surface area contributed by atoms with Gasteiger partial charge in [-0.15, -0.1) is 0 Å². The Hall–Kier alpha value is -3.06. The summed E-state index contributed by atoms with van der Waals surface area (Å²) in [5.74, 6) is -2.09. The smallest absolute Gasteiger partial charge is 0.342 e. The van der Waals surface area contributed by atoms with Crippen molar-refractivity contribution in [3.05, 3.63) is 16.7 Å². The number of anilines is 1. The van der Waals surface area contributed by atoms with Gasteiger partial charge in [-0.25, -0.2) is 23.9 Å². The molecule has 3 heterocycles. The number of alkyl halides is 2. The predicted molar refractivity (Wildman–Crippen MR) is 145 cm³/mol. The number of esters is 2. The van der Waals surface area contributed by atoms with E-state index in [2.05, 4.69) is 25.1 Å². The highest BCUT2D eigenvalue weighted by Crippen LogP contribution is 2.47. The van der Waals surface area contributed by atoms with E-state index >= 15 is 0 Å². The lowest BCUT2D eigenvalue weighted by Crippen LogP contribution is -2.53. The van der Waals surface area contributed by atoms with E-state index in [0.717, 1.165) is 10.9 Å². The average molecular weight is 640 g/mol. The quantitative estimate of drug-likeness (QED) is 0.124. The SMILES string of the molecule is CC(C)OC(=O)[C@H](C)NP(=O)(N[C@@H](C)C(=O)OC(C)C)OC[C@@]1(C(F)F)O[C@@H](n2cnc3c(=O)[nH]c(N)nc32)[C@H](O)[C@H]1O. The lowest BCUT2D eigenvalue weighted by atomic mass is 9.96. The van der Waals surface area contributed by atoms with Crippen LogP contribution in [0.25, 0.3) is 11.2 Å². The van der Waals surface area contributed by atoms with Gasteiger partial charge in [0.15, 0.2) is 23.0 Å². The van der Waals surface area contributed by atoms with Crippen LogP contribution in [0.4, 0.5) is 14.7 Å². The lowest BCUT2D eigenvalue weighted by Gasteiger charge is -2.33. The number of aromatic amines is 1. The fourth-order valence-electron chi connectivity index (χ4n) is 4.11. The molecule has 2 aromatic heterocycles. The van der Waals surface area contributed by atoms with Gasteiger partial charge in [0, 0.05) is 0 Å². The summed E-state index contributed by atoms with van der Waals surface area (Å²) < 4.78 is 65.1. The normalized spacial score (nSPS) is 24.2. The fraction of sp³-hybridized carbons (Fsp3) is 0.696. The number of nitrogens with two attached hydrogens (primary N) is 1. The number of nitrogens with zero attached hydrogens (tertiary/aromatic N) is 3. The first-order valence-electron chi connectivity index (χ1n) is 13.2. The van der Waals surface area contributed by atoms with Crippen LogP contribution in [0.5, 0.6) is 0 Å². The number of aromatic nitrogens is 4. The maximum absolute atomic E-state index is 14.6. The molecule has 1 aliphatic heterocycles. The fourth-order valence-corrected chi connectivity index (χ4v) is 5.95. The standard InChI is InChI=1S/C23H36F2N7O10P/c1-9(2)40-19(36)11(5)30-43(38,31-12(6)20(37)41-10(3)4)39-7-23(21(24)25)15(34)14(33)18(42-23)32-8-27-13-16(32)28-22(26)29-17(13)35/h8-12,14-15,18,21,33-34H,7H2,1-6H3,(H2,30,31,38)(H3,26,28,29,35)/t11-,12-,14+,15+,18+,23+/m0/s1. The van der Waals surface area contributed by atoms with Crippen LogP contribution in [0.15, 0.2) is 11.1 Å². The van der Waals surface area contributed by atoms with Gasteiger partial charge < -0.3 is 34.7 Å². The largest absolute Gasteiger partial charge is 0.462 e. The van der Waals surface area contributed by atoms with Gasteiger partial charge in [0.25, 0.3) is 12.0 Å². The van der Waals surface area contributed by atoms with Crippen LogP contribution < -0.4 is 21.5 Å². The van der Waals surface area contributed by atoms with Crippen molar-refractivity contribution >= 4 is 36.7 Å². The van der Waals surface area contributed by atoms with E-state index in [1.807, 2.05) is 0 Å². The van der Waals surface area contributed by atoms with Gasteiger partial charge in [-0.2, -0.15) is 4.98 Å². The predicted octanol–water partition coefficient (Wildman–Crippen LogP) is -0.0596. The Morgan fingerprint density at radius 3 is 2.16 bits per heavy atom. The van der Waals surface area contributed by atoms with Crippen LogP contribution in [0.1, 0.15) is 47.8 Å². The Kier molecular flexibility index (Phi) is 10.6. The van der Waals surface area contributed by atoms with E-state index in [4.69, 9.17) is 24.5 Å². The average Bonchev–Trinajstić information content (AvgIpc) is 3.41. The number of halogens is 2. The maximum atomic E-state index is 14.6. The summed E-state index contributed by atoms with van der Waals surface area (Å²) in [5, 5.41) is 26.2. The summed E-state index contributed by atoms with van der Waals surface area (Å²) in [6.07, 6.45) is -9.89. The molecular weight excluding hydrogens is 603 g/mol.